The fraction of sp³-hybridized carbons (Fsp3) is 0.229. The predicted molar refractivity (Wildman–Crippen MR) is 283 cm³/mol. The molecule has 19 heteroatoms. The molecule has 4 aromatic carbocycles. The van der Waals surface area contributed by atoms with Gasteiger partial charge in [0, 0.05) is 95.8 Å². The third kappa shape index (κ3) is 12.7. The van der Waals surface area contributed by atoms with E-state index in [0.29, 0.717) is 22.4 Å². The zero-order valence-electron chi connectivity index (χ0n) is 39.2. The number of carbonyl (C=O) groups is 1. The van der Waals surface area contributed by atoms with Gasteiger partial charge in [0.1, 0.15) is 0 Å². The molecule has 0 aliphatic heterocycles. The summed E-state index contributed by atoms with van der Waals surface area (Å²) in [6.07, 6.45) is 6.17. The van der Waals surface area contributed by atoms with Crippen LogP contribution in [0, 0.1) is 25.6 Å². The molecule has 8 aromatic rings. The number of aromatic nitrogens is 4. The molecule has 0 bridgehead atoms. The summed E-state index contributed by atoms with van der Waals surface area (Å²) in [6, 6.07) is 40.1. The highest BCUT2D eigenvalue weighted by atomic mass is 32.2. The number of rotatable bonds is 6. The van der Waals surface area contributed by atoms with E-state index in [2.05, 4.69) is 77.7 Å². The molecule has 4 heterocycles. The van der Waals surface area contributed by atoms with E-state index < -0.39 is 40.9 Å². The number of carbonyl (C=O) groups excluding carboxylic acids is 1. The van der Waals surface area contributed by atoms with E-state index in [1.54, 1.807) is 0 Å². The minimum absolute atomic E-state index is 0.387. The average Bonchev–Trinajstić information content (AvgIpc) is 3.81. The van der Waals surface area contributed by atoms with Crippen LogP contribution in [0.1, 0.15) is 22.3 Å². The molecule has 2 N–H and O–H groups in total. The van der Waals surface area contributed by atoms with E-state index in [9.17, 15) is 32.0 Å². The van der Waals surface area contributed by atoms with Crippen molar-refractivity contribution < 1.29 is 41.5 Å². The number of hydrogen-bond donors (Lipinski definition) is 2. The molecule has 0 radical (unpaired) electrons. The Morgan fingerprint density at radius 2 is 1.15 bits per heavy atom. The molecule has 0 spiro atoms. The lowest BCUT2D eigenvalue weighted by Gasteiger charge is -2.24. The highest BCUT2D eigenvalue weighted by Gasteiger charge is 2.34. The van der Waals surface area contributed by atoms with Gasteiger partial charge in [-0.3, -0.25) is 15.2 Å². The van der Waals surface area contributed by atoms with Crippen molar-refractivity contribution in [3.63, 3.8) is 0 Å². The van der Waals surface area contributed by atoms with Crippen LogP contribution in [-0.4, -0.2) is 90.8 Å². The number of para-hydroxylation sites is 4. The van der Waals surface area contributed by atoms with Crippen molar-refractivity contribution in [2.45, 2.75) is 19.5 Å². The molecule has 4 aromatic heterocycles. The summed E-state index contributed by atoms with van der Waals surface area (Å²) in [4.78, 5) is 12.7. The second-order valence-corrected chi connectivity index (χ2v) is 28.1. The molecule has 0 saturated carbocycles. The van der Waals surface area contributed by atoms with Gasteiger partial charge in [-0.05, 0) is 93.9 Å². The second-order valence-electron chi connectivity index (χ2n) is 16.0. The smallest absolute Gasteiger partial charge is 0.336 e. The van der Waals surface area contributed by atoms with Gasteiger partial charge < -0.3 is 9.13 Å². The quantitative estimate of drug-likeness (QED) is 0.0556. The third-order valence-corrected chi connectivity index (χ3v) is 16.1. The Hall–Kier alpha value is -5.17. The number of benzene rings is 4. The van der Waals surface area contributed by atoms with Crippen LogP contribution >= 0.6 is 33.1 Å². The van der Waals surface area contributed by atoms with E-state index in [0.717, 1.165) is 68.9 Å². The van der Waals surface area contributed by atoms with Gasteiger partial charge in [-0.25, -0.2) is 25.4 Å². The average molecular weight is 1020 g/mol. The lowest BCUT2D eigenvalue weighted by Crippen LogP contribution is -2.42. The maximum absolute atomic E-state index is 12.7. The van der Waals surface area contributed by atoms with Crippen molar-refractivity contribution in [1.82, 2.24) is 17.7 Å². The van der Waals surface area contributed by atoms with Gasteiger partial charge in [0.05, 0.1) is 28.9 Å². The van der Waals surface area contributed by atoms with Crippen LogP contribution in [-0.2, 0) is 38.9 Å². The Morgan fingerprint density at radius 1 is 0.687 bits per heavy atom. The Bertz CT molecular complexity index is 3300. The first-order valence-corrected chi connectivity index (χ1v) is 31.2. The monoisotopic (exact) mass is 1020 g/mol. The van der Waals surface area contributed by atoms with Crippen LogP contribution in [0.4, 0.5) is 0 Å². The number of amides is 1. The molecule has 5 atom stereocenters. The van der Waals surface area contributed by atoms with Crippen LogP contribution in [0.3, 0.4) is 0 Å². The van der Waals surface area contributed by atoms with Crippen molar-refractivity contribution in [3.05, 3.63) is 144 Å². The van der Waals surface area contributed by atoms with Crippen molar-refractivity contribution in [3.8, 4) is 23.1 Å². The molecule has 8 rings (SSSR count). The van der Waals surface area contributed by atoms with Crippen LogP contribution in [0.2, 0.25) is 0 Å². The summed E-state index contributed by atoms with van der Waals surface area (Å²) in [6.45, 7) is 7.76. The summed E-state index contributed by atoms with van der Waals surface area (Å²) >= 11 is 0. The summed E-state index contributed by atoms with van der Waals surface area (Å²) in [5.74, 6) is -0.387. The summed E-state index contributed by atoms with van der Waals surface area (Å²) < 4.78 is 53.2. The van der Waals surface area contributed by atoms with Crippen molar-refractivity contribution in [2.75, 3.05) is 39.9 Å². The van der Waals surface area contributed by atoms with E-state index in [4.69, 9.17) is 0 Å². The zero-order chi connectivity index (χ0) is 49.5. The molecule has 0 saturated heterocycles. The van der Waals surface area contributed by atoms with Gasteiger partial charge in [-0.2, -0.15) is 0 Å². The molecule has 1 amide bonds. The standard InChI is InChI=1S/C20H18N2O2.C14H20N2O3P2S.C9H9N.C5H11NO2P2S/c1-13-11-15-7-3-5-9-17(15)21(23)19(13)20-14(2)12-16-8-4-6-10-18(16)22(20)24;1-15-9-11(10-7-5-6-8-12(10)15)13(21(3)20)14(17)16(2)22(4,18)19;1-10-7-6-8-4-2-3-5-9(8)10;1-6(11(3,7)8)4-5-10(2)9/h3-12,23-24H,1-2H3;5-9,13H,20H2,1-4H3;2-7H,1H3;9H2,1-3H3/q+2;;;. The normalized spacial score (nSPS) is 12.6. The van der Waals surface area contributed by atoms with E-state index in [-0.39, 0.29) is 5.91 Å². The first kappa shape index (κ1) is 52.8. The maximum Gasteiger partial charge on any atom is 0.336 e. The highest BCUT2D eigenvalue weighted by Crippen LogP contribution is 2.56. The van der Waals surface area contributed by atoms with Crippen molar-refractivity contribution >= 4 is 103 Å². The number of nitrogens with zero attached hydrogens (tertiary/aromatic N) is 6. The first-order chi connectivity index (χ1) is 31.4. The minimum Gasteiger partial charge on any atom is -0.351 e. The third-order valence-electron chi connectivity index (χ3n) is 10.8. The number of fused-ring (bicyclic) bond motifs is 4. The summed E-state index contributed by atoms with van der Waals surface area (Å²) in [5.41, 5.74) is 9.85. The van der Waals surface area contributed by atoms with Crippen LogP contribution in [0.5, 0.6) is 0 Å². The Labute approximate surface area is 400 Å². The predicted octanol–water partition coefficient (Wildman–Crippen LogP) is 8.74. The van der Waals surface area contributed by atoms with Crippen LogP contribution in [0.25, 0.3) is 55.0 Å². The molecular formula is C48H58N6O7P4S2+2. The van der Waals surface area contributed by atoms with Gasteiger partial charge in [0.2, 0.25) is 26.0 Å². The molecule has 0 aliphatic rings. The molecule has 67 heavy (non-hydrogen) atoms. The van der Waals surface area contributed by atoms with Gasteiger partial charge in [-0.1, -0.05) is 77.2 Å². The largest absolute Gasteiger partial charge is 0.351 e. The van der Waals surface area contributed by atoms with Gasteiger partial charge >= 0.3 is 11.4 Å². The van der Waals surface area contributed by atoms with Crippen LogP contribution < -0.4 is 9.46 Å². The van der Waals surface area contributed by atoms with Gasteiger partial charge in [0.15, 0.2) is 0 Å². The molecule has 0 fully saturated rings. The molecule has 13 nitrogen and oxygen atoms in total. The number of pyridine rings is 2. The maximum atomic E-state index is 12.7. The fourth-order valence-corrected chi connectivity index (χ4v) is 10.6. The Kier molecular flexibility index (Phi) is 17.6. The Morgan fingerprint density at radius 3 is 1.61 bits per heavy atom. The lowest BCUT2D eigenvalue weighted by molar-refractivity contribution is -0.899. The fourth-order valence-electron chi connectivity index (χ4n) is 7.26. The summed E-state index contributed by atoms with van der Waals surface area (Å²) in [5, 5.41) is 25.8. The SMILES string of the molecule is CN(C#CP(C)P)S(C)(=O)=O.CN(C(=O)C(c1cn(C)c2ccccc12)P(C)P)S(C)(=O)=O.Cc1cc2ccccc2[n+](O)c1-c1c(C)cc2ccccc2[n+]1O.Cn1ccc2ccccc21. The first-order valence-electron chi connectivity index (χ1n) is 20.6. The second kappa shape index (κ2) is 22.3. The van der Waals surface area contributed by atoms with Gasteiger partial charge in [-0.15, -0.1) is 8.93 Å². The number of sulfonamides is 2. The lowest BCUT2D eigenvalue weighted by atomic mass is 10.0. The molecule has 0 aliphatic carbocycles. The van der Waals surface area contributed by atoms with E-state index >= 15 is 0 Å². The molecule has 352 valence electrons. The van der Waals surface area contributed by atoms with E-state index in [1.165, 1.54) is 25.0 Å². The topological polar surface area (TPSA) is 150 Å². The number of hydrogen-bond acceptors (Lipinski definition) is 7. The van der Waals surface area contributed by atoms with Crippen molar-refractivity contribution in [2.24, 2.45) is 14.1 Å². The highest BCUT2D eigenvalue weighted by molar-refractivity contribution is 8.16. The van der Waals surface area contributed by atoms with Crippen molar-refractivity contribution in [1.29, 1.82) is 0 Å². The Balaban J connectivity index is 0.000000179. The molecular weight excluding hydrogens is 961 g/mol. The number of likely N-dealkylation sites (N-methyl/N-ethyl adjacent to an activating group) is 1. The van der Waals surface area contributed by atoms with E-state index in [1.807, 2.05) is 130 Å². The molecule has 5 unspecified atom stereocenters. The summed E-state index contributed by atoms with van der Waals surface area (Å²) in [7, 11) is 4.05. The zero-order valence-corrected chi connectivity index (χ0v) is 44.9. The number of aryl methyl sites for hydroxylation is 4. The van der Waals surface area contributed by atoms with Gasteiger partial charge in [0.25, 0.3) is 11.0 Å². The van der Waals surface area contributed by atoms with Crippen LogP contribution in [0.15, 0.2) is 128 Å². The minimum atomic E-state index is -3.56.